The van der Waals surface area contributed by atoms with Crippen molar-refractivity contribution in [1.29, 1.82) is 0 Å². The molecule has 0 fully saturated rings. The lowest BCUT2D eigenvalue weighted by molar-refractivity contribution is -0.163. The van der Waals surface area contributed by atoms with Gasteiger partial charge in [0, 0.05) is 0 Å². The summed E-state index contributed by atoms with van der Waals surface area (Å²) in [4.78, 5) is 9.51. The first-order valence-electron chi connectivity index (χ1n) is 2.24. The van der Waals surface area contributed by atoms with E-state index in [4.69, 9.17) is 5.11 Å². The molecule has 0 aliphatic heterocycles. The van der Waals surface area contributed by atoms with Crippen LogP contribution in [0.5, 0.6) is 0 Å². The molecule has 0 aliphatic carbocycles. The molecule has 0 heterocycles. The van der Waals surface area contributed by atoms with Crippen LogP contribution in [-0.4, -0.2) is 23.4 Å². The van der Waals surface area contributed by atoms with Crippen LogP contribution in [0.25, 0.3) is 0 Å². The number of halogens is 4. The molecule has 0 bridgehead atoms. The summed E-state index contributed by atoms with van der Waals surface area (Å²) >= 11 is 0. The SMILES string of the molecule is O=C(O)CC(F)(F)C(F)F. The van der Waals surface area contributed by atoms with E-state index in [1.165, 1.54) is 0 Å². The Labute approximate surface area is 53.5 Å². The molecule has 0 saturated heterocycles. The van der Waals surface area contributed by atoms with E-state index >= 15 is 0 Å². The summed E-state index contributed by atoms with van der Waals surface area (Å²) in [6.07, 6.45) is -5.74. The number of hydrogen-bond acceptors (Lipinski definition) is 1. The monoisotopic (exact) mass is 160 g/mol. The van der Waals surface area contributed by atoms with Gasteiger partial charge < -0.3 is 5.11 Å². The van der Waals surface area contributed by atoms with E-state index < -0.39 is 24.7 Å². The third kappa shape index (κ3) is 2.65. The van der Waals surface area contributed by atoms with E-state index in [1.54, 1.807) is 0 Å². The van der Waals surface area contributed by atoms with Gasteiger partial charge in [0.05, 0.1) is 0 Å². The van der Waals surface area contributed by atoms with Gasteiger partial charge in [-0.05, 0) is 0 Å². The van der Waals surface area contributed by atoms with Crippen LogP contribution >= 0.6 is 0 Å². The Morgan fingerprint density at radius 2 is 1.90 bits per heavy atom. The highest BCUT2D eigenvalue weighted by Gasteiger charge is 2.42. The normalized spacial score (nSPS) is 12.1. The minimum atomic E-state index is -4.41. The van der Waals surface area contributed by atoms with E-state index in [0.717, 1.165) is 0 Å². The van der Waals surface area contributed by atoms with Crippen molar-refractivity contribution in [2.24, 2.45) is 0 Å². The number of carboxylic acid groups (broad SMARTS) is 1. The molecule has 60 valence electrons. The highest BCUT2D eigenvalue weighted by Crippen LogP contribution is 2.26. The van der Waals surface area contributed by atoms with E-state index in [2.05, 4.69) is 0 Å². The molecule has 0 rings (SSSR count). The molecule has 10 heavy (non-hydrogen) atoms. The second kappa shape index (κ2) is 2.85. The minimum absolute atomic E-state index is 1.83. The molecular formula is C4H4F4O2. The largest absolute Gasteiger partial charge is 0.481 e. The summed E-state index contributed by atoms with van der Waals surface area (Å²) in [5.74, 6) is -6.35. The highest BCUT2D eigenvalue weighted by atomic mass is 19.3. The van der Waals surface area contributed by atoms with Crippen molar-refractivity contribution < 1.29 is 27.5 Å². The zero-order valence-corrected chi connectivity index (χ0v) is 4.65. The third-order valence-electron chi connectivity index (χ3n) is 0.706. The van der Waals surface area contributed by atoms with Gasteiger partial charge in [-0.15, -0.1) is 0 Å². The summed E-state index contributed by atoms with van der Waals surface area (Å²) in [7, 11) is 0. The Morgan fingerprint density at radius 1 is 1.50 bits per heavy atom. The van der Waals surface area contributed by atoms with Gasteiger partial charge in [-0.2, -0.15) is 8.78 Å². The molecule has 0 radical (unpaired) electrons. The highest BCUT2D eigenvalue weighted by molar-refractivity contribution is 5.67. The minimum Gasteiger partial charge on any atom is -0.481 e. The van der Waals surface area contributed by atoms with Crippen LogP contribution < -0.4 is 0 Å². The molecule has 0 amide bonds. The van der Waals surface area contributed by atoms with E-state index in [9.17, 15) is 22.4 Å². The van der Waals surface area contributed by atoms with Crippen LogP contribution in [0.3, 0.4) is 0 Å². The van der Waals surface area contributed by atoms with Crippen LogP contribution in [0.1, 0.15) is 6.42 Å². The van der Waals surface area contributed by atoms with Gasteiger partial charge in [0.25, 0.3) is 0 Å². The van der Waals surface area contributed by atoms with Crippen molar-refractivity contribution in [2.45, 2.75) is 18.8 Å². The van der Waals surface area contributed by atoms with Gasteiger partial charge >= 0.3 is 18.3 Å². The van der Waals surface area contributed by atoms with Crippen molar-refractivity contribution in [3.05, 3.63) is 0 Å². The zero-order chi connectivity index (χ0) is 8.36. The second-order valence-corrected chi connectivity index (χ2v) is 1.63. The summed E-state index contributed by atoms with van der Waals surface area (Å²) < 4.78 is 45.7. The summed E-state index contributed by atoms with van der Waals surface area (Å²) in [6, 6.07) is 0. The van der Waals surface area contributed by atoms with Gasteiger partial charge in [-0.1, -0.05) is 0 Å². The quantitative estimate of drug-likeness (QED) is 0.633. The van der Waals surface area contributed by atoms with Crippen LogP contribution in [-0.2, 0) is 4.79 Å². The van der Waals surface area contributed by atoms with E-state index in [1.807, 2.05) is 0 Å². The van der Waals surface area contributed by atoms with Gasteiger partial charge in [-0.25, -0.2) is 8.78 Å². The Bertz CT molecular complexity index is 133. The Hall–Kier alpha value is -0.810. The van der Waals surface area contributed by atoms with Crippen molar-refractivity contribution in [3.8, 4) is 0 Å². The van der Waals surface area contributed by atoms with Crippen LogP contribution in [0.2, 0.25) is 0 Å². The van der Waals surface area contributed by atoms with Gasteiger partial charge in [0.1, 0.15) is 6.42 Å². The second-order valence-electron chi connectivity index (χ2n) is 1.63. The Morgan fingerprint density at radius 3 is 2.00 bits per heavy atom. The maximum Gasteiger partial charge on any atom is 0.317 e. The molecule has 2 nitrogen and oxygen atoms in total. The molecule has 6 heteroatoms. The molecule has 1 N–H and O–H groups in total. The van der Waals surface area contributed by atoms with Crippen LogP contribution in [0, 0.1) is 0 Å². The molecule has 0 aromatic carbocycles. The van der Waals surface area contributed by atoms with Gasteiger partial charge in [0.15, 0.2) is 0 Å². The predicted octanol–water partition coefficient (Wildman–Crippen LogP) is 1.36. The van der Waals surface area contributed by atoms with Gasteiger partial charge in [0.2, 0.25) is 0 Å². The average Bonchev–Trinajstić information content (AvgIpc) is 1.60. The summed E-state index contributed by atoms with van der Waals surface area (Å²) in [5.41, 5.74) is 0. The fourth-order valence-electron chi connectivity index (χ4n) is 0.279. The molecule has 0 atom stereocenters. The lowest BCUT2D eigenvalue weighted by atomic mass is 10.2. The first-order valence-corrected chi connectivity index (χ1v) is 2.24. The summed E-state index contributed by atoms with van der Waals surface area (Å²) in [6.45, 7) is 0. The predicted molar refractivity (Wildman–Crippen MR) is 23.2 cm³/mol. The third-order valence-corrected chi connectivity index (χ3v) is 0.706. The molecule has 0 aliphatic rings. The number of hydrogen-bond donors (Lipinski definition) is 1. The van der Waals surface area contributed by atoms with E-state index in [-0.39, 0.29) is 0 Å². The number of rotatable bonds is 3. The van der Waals surface area contributed by atoms with Gasteiger partial charge in [-0.3, -0.25) is 4.79 Å². The number of aliphatic carboxylic acids is 1. The van der Waals surface area contributed by atoms with Crippen molar-refractivity contribution in [1.82, 2.24) is 0 Å². The lowest BCUT2D eigenvalue weighted by Crippen LogP contribution is -2.29. The Kier molecular flexibility index (Phi) is 2.62. The fourth-order valence-corrected chi connectivity index (χ4v) is 0.279. The van der Waals surface area contributed by atoms with E-state index in [0.29, 0.717) is 0 Å². The van der Waals surface area contributed by atoms with Crippen LogP contribution in [0.4, 0.5) is 17.6 Å². The number of carbonyl (C=O) groups is 1. The molecular weight excluding hydrogens is 156 g/mol. The first-order chi connectivity index (χ1) is 4.36. The Balaban J connectivity index is 3.99. The zero-order valence-electron chi connectivity index (χ0n) is 4.65. The summed E-state index contributed by atoms with van der Waals surface area (Å²) in [5, 5.41) is 7.68. The standard InChI is InChI=1S/C4H4F4O2/c5-3(6)4(7,8)1-2(9)10/h3H,1H2,(H,9,10). The maximum atomic E-state index is 11.7. The van der Waals surface area contributed by atoms with Crippen molar-refractivity contribution in [3.63, 3.8) is 0 Å². The van der Waals surface area contributed by atoms with Crippen molar-refractivity contribution >= 4 is 5.97 Å². The smallest absolute Gasteiger partial charge is 0.317 e. The number of carboxylic acids is 1. The molecule has 0 unspecified atom stereocenters. The molecule has 0 aromatic rings. The number of alkyl halides is 4. The first kappa shape index (κ1) is 9.19. The van der Waals surface area contributed by atoms with Crippen molar-refractivity contribution in [2.75, 3.05) is 0 Å². The topological polar surface area (TPSA) is 37.3 Å². The van der Waals surface area contributed by atoms with Crippen LogP contribution in [0.15, 0.2) is 0 Å². The molecule has 0 aromatic heterocycles. The molecule has 0 saturated carbocycles. The fraction of sp³-hybridized carbons (Fsp3) is 0.750. The maximum absolute atomic E-state index is 11.7. The lowest BCUT2D eigenvalue weighted by Gasteiger charge is -2.11. The molecule has 0 spiro atoms. The average molecular weight is 160 g/mol.